The van der Waals surface area contributed by atoms with Gasteiger partial charge in [0.2, 0.25) is 0 Å². The fraction of sp³-hybridized carbons (Fsp3) is 0.750. The maximum absolute atomic E-state index is 3.60. The van der Waals surface area contributed by atoms with Gasteiger partial charge in [0.05, 0.1) is 0 Å². The zero-order valence-electron chi connectivity index (χ0n) is 3.12. The monoisotopic (exact) mass is 65.1 g/mol. The van der Waals surface area contributed by atoms with E-state index in [9.17, 15) is 0 Å². The van der Waals surface area contributed by atoms with Crippen LogP contribution in [-0.2, 0) is 0 Å². The van der Waals surface area contributed by atoms with Crippen molar-refractivity contribution in [3.8, 4) is 0 Å². The Morgan fingerprint density at radius 3 is 1.80 bits per heavy atom. The average Bonchev–Trinajstić information content (AvgIpc) is 1.37. The molecule has 0 unspecified atom stereocenters. The molecule has 0 aromatic heterocycles. The molecule has 0 aliphatic carbocycles. The molecule has 0 fully saturated rings. The minimum absolute atomic E-state index is 0. The SMILES string of the molecule is [CH2]CCC.[LiH]. The van der Waals surface area contributed by atoms with Crippen molar-refractivity contribution in [1.29, 1.82) is 0 Å². The van der Waals surface area contributed by atoms with Gasteiger partial charge in [-0.05, 0) is 0 Å². The van der Waals surface area contributed by atoms with Crippen molar-refractivity contribution in [2.75, 3.05) is 0 Å². The van der Waals surface area contributed by atoms with Gasteiger partial charge in [0.25, 0.3) is 0 Å². The third kappa shape index (κ3) is 12.2. The van der Waals surface area contributed by atoms with E-state index in [1.807, 2.05) is 0 Å². The Labute approximate surface area is 46.1 Å². The molecule has 0 nitrogen and oxygen atoms in total. The minimum atomic E-state index is 0. The topological polar surface area (TPSA) is 0 Å². The van der Waals surface area contributed by atoms with Crippen molar-refractivity contribution in [3.63, 3.8) is 0 Å². The molecule has 0 aromatic rings. The summed E-state index contributed by atoms with van der Waals surface area (Å²) < 4.78 is 0. The van der Waals surface area contributed by atoms with Gasteiger partial charge in [0, 0.05) is 0 Å². The second kappa shape index (κ2) is 8.82. The van der Waals surface area contributed by atoms with Crippen LogP contribution in [0.3, 0.4) is 0 Å². The summed E-state index contributed by atoms with van der Waals surface area (Å²) in [6, 6.07) is 0. The van der Waals surface area contributed by atoms with Gasteiger partial charge in [-0.2, -0.15) is 0 Å². The first-order valence-corrected chi connectivity index (χ1v) is 1.71. The standard InChI is InChI=1S/C4H9.Li.H/c1-3-4-2;;/h1,3-4H2,2H3;;. The van der Waals surface area contributed by atoms with Crippen molar-refractivity contribution in [1.82, 2.24) is 0 Å². The van der Waals surface area contributed by atoms with E-state index in [1.165, 1.54) is 6.42 Å². The first-order valence-electron chi connectivity index (χ1n) is 1.71. The van der Waals surface area contributed by atoms with Crippen LogP contribution < -0.4 is 0 Å². The zero-order chi connectivity index (χ0) is 3.41. The molecule has 27 valence electrons. The van der Waals surface area contributed by atoms with Gasteiger partial charge < -0.3 is 0 Å². The molecule has 0 bridgehead atoms. The van der Waals surface area contributed by atoms with Crippen molar-refractivity contribution in [3.05, 3.63) is 6.92 Å². The fourth-order valence-corrected chi connectivity index (χ4v) is 0. The summed E-state index contributed by atoms with van der Waals surface area (Å²) in [5.74, 6) is 0. The van der Waals surface area contributed by atoms with E-state index in [4.69, 9.17) is 0 Å². The molecule has 0 aliphatic heterocycles. The molecule has 0 atom stereocenters. The second-order valence-corrected chi connectivity index (χ2v) is 0.854. The molecule has 0 N–H and O–H groups in total. The molecule has 1 radical (unpaired) electrons. The first-order chi connectivity index (χ1) is 1.91. The summed E-state index contributed by atoms with van der Waals surface area (Å²) in [6.45, 7) is 5.72. The summed E-state index contributed by atoms with van der Waals surface area (Å²) in [4.78, 5) is 0. The molecule has 0 aromatic carbocycles. The normalized spacial score (nSPS) is 6.00. The predicted octanol–water partition coefficient (Wildman–Crippen LogP) is 0.972. The maximum atomic E-state index is 3.60. The molecule has 0 heterocycles. The van der Waals surface area contributed by atoms with Gasteiger partial charge in [-0.1, -0.05) is 26.7 Å². The number of rotatable bonds is 1. The van der Waals surface area contributed by atoms with E-state index in [1.54, 1.807) is 0 Å². The molecule has 0 saturated carbocycles. The Morgan fingerprint density at radius 2 is 1.80 bits per heavy atom. The molecule has 0 saturated heterocycles. The molecular formula is C4H10Li. The van der Waals surface area contributed by atoms with Gasteiger partial charge >= 0.3 is 18.9 Å². The van der Waals surface area contributed by atoms with Gasteiger partial charge in [-0.25, -0.2) is 0 Å². The molecule has 0 amide bonds. The molecule has 0 rings (SSSR count). The van der Waals surface area contributed by atoms with Gasteiger partial charge in [-0.15, -0.1) is 0 Å². The Balaban J connectivity index is 0. The van der Waals surface area contributed by atoms with Crippen molar-refractivity contribution in [2.45, 2.75) is 19.8 Å². The van der Waals surface area contributed by atoms with E-state index in [0.717, 1.165) is 6.42 Å². The summed E-state index contributed by atoms with van der Waals surface area (Å²) in [5, 5.41) is 0. The van der Waals surface area contributed by atoms with Crippen LogP contribution in [0.4, 0.5) is 0 Å². The summed E-state index contributed by atoms with van der Waals surface area (Å²) in [5.41, 5.74) is 0. The van der Waals surface area contributed by atoms with Gasteiger partial charge in [-0.3, -0.25) is 0 Å². The van der Waals surface area contributed by atoms with E-state index >= 15 is 0 Å². The van der Waals surface area contributed by atoms with Crippen LogP contribution >= 0.6 is 0 Å². The molecule has 5 heavy (non-hydrogen) atoms. The van der Waals surface area contributed by atoms with Crippen LogP contribution in [0.5, 0.6) is 0 Å². The van der Waals surface area contributed by atoms with Crippen LogP contribution in [0, 0.1) is 6.92 Å². The summed E-state index contributed by atoms with van der Waals surface area (Å²) in [6.07, 6.45) is 2.28. The van der Waals surface area contributed by atoms with E-state index in [0.29, 0.717) is 0 Å². The van der Waals surface area contributed by atoms with Crippen LogP contribution in [0.1, 0.15) is 19.8 Å². The number of hydrogen-bond acceptors (Lipinski definition) is 0. The van der Waals surface area contributed by atoms with Gasteiger partial charge in [0.15, 0.2) is 0 Å². The third-order valence-electron chi connectivity index (χ3n) is 0.354. The van der Waals surface area contributed by atoms with Crippen molar-refractivity contribution >= 4 is 18.9 Å². The first kappa shape index (κ1) is 9.14. The summed E-state index contributed by atoms with van der Waals surface area (Å²) >= 11 is 0. The summed E-state index contributed by atoms with van der Waals surface area (Å²) in [7, 11) is 0. The number of unbranched alkanes of at least 4 members (excludes halogenated alkanes) is 1. The van der Waals surface area contributed by atoms with Crippen molar-refractivity contribution in [2.24, 2.45) is 0 Å². The Morgan fingerprint density at radius 1 is 1.60 bits per heavy atom. The average molecular weight is 65.1 g/mol. The Hall–Kier alpha value is 0.597. The van der Waals surface area contributed by atoms with E-state index in [-0.39, 0.29) is 18.9 Å². The van der Waals surface area contributed by atoms with E-state index in [2.05, 4.69) is 13.8 Å². The molecule has 0 aliphatic rings. The second-order valence-electron chi connectivity index (χ2n) is 0.854. The Bertz CT molecular complexity index is 5.61. The van der Waals surface area contributed by atoms with Crippen molar-refractivity contribution < 1.29 is 0 Å². The zero-order valence-corrected chi connectivity index (χ0v) is 3.12. The predicted molar refractivity (Wildman–Crippen MR) is 27.4 cm³/mol. The van der Waals surface area contributed by atoms with E-state index < -0.39 is 0 Å². The van der Waals surface area contributed by atoms with Crippen LogP contribution in [0.2, 0.25) is 0 Å². The third-order valence-corrected chi connectivity index (χ3v) is 0.354. The van der Waals surface area contributed by atoms with Crippen LogP contribution in [-0.4, -0.2) is 18.9 Å². The molecule has 1 heteroatoms. The molecule has 0 spiro atoms. The molecular weight excluding hydrogens is 55.0 g/mol. The van der Waals surface area contributed by atoms with Crippen LogP contribution in [0.25, 0.3) is 0 Å². The fourth-order valence-electron chi connectivity index (χ4n) is 0. The number of hydrogen-bond donors (Lipinski definition) is 0. The Kier molecular flexibility index (Phi) is 16.1. The quantitative estimate of drug-likeness (QED) is 0.399. The van der Waals surface area contributed by atoms with Crippen LogP contribution in [0.15, 0.2) is 0 Å². The van der Waals surface area contributed by atoms with Gasteiger partial charge in [0.1, 0.15) is 0 Å².